The van der Waals surface area contributed by atoms with Gasteiger partial charge in [0.2, 0.25) is 11.8 Å². The second-order valence-electron chi connectivity index (χ2n) is 8.16. The first kappa shape index (κ1) is 23.1. The second kappa shape index (κ2) is 11.2. The van der Waals surface area contributed by atoms with Gasteiger partial charge in [-0.25, -0.2) is 0 Å². The Bertz CT molecular complexity index is 896. The number of nitrogens with zero attached hydrogens (tertiary/aromatic N) is 1. The lowest BCUT2D eigenvalue weighted by Gasteiger charge is -2.31. The molecule has 2 aromatic carbocycles. The molecule has 1 fully saturated rings. The third-order valence-corrected chi connectivity index (χ3v) is 6.27. The van der Waals surface area contributed by atoms with E-state index in [1.165, 1.54) is 6.42 Å². The van der Waals surface area contributed by atoms with E-state index in [0.29, 0.717) is 11.6 Å². The van der Waals surface area contributed by atoms with Gasteiger partial charge in [-0.3, -0.25) is 9.59 Å². The summed E-state index contributed by atoms with van der Waals surface area (Å²) in [5, 5.41) is 3.71. The van der Waals surface area contributed by atoms with Gasteiger partial charge in [0.15, 0.2) is 0 Å². The van der Waals surface area contributed by atoms with E-state index in [9.17, 15) is 9.59 Å². The molecule has 2 aromatic rings. The molecule has 31 heavy (non-hydrogen) atoms. The van der Waals surface area contributed by atoms with Gasteiger partial charge in [0.05, 0.1) is 13.5 Å². The van der Waals surface area contributed by atoms with E-state index in [2.05, 4.69) is 5.32 Å². The number of rotatable bonds is 8. The van der Waals surface area contributed by atoms with Crippen LogP contribution >= 0.6 is 11.6 Å². The van der Waals surface area contributed by atoms with E-state index in [1.807, 2.05) is 42.5 Å². The molecule has 0 radical (unpaired) electrons. The fraction of sp³-hybridized carbons (Fsp3) is 0.440. The fourth-order valence-corrected chi connectivity index (χ4v) is 4.23. The monoisotopic (exact) mass is 442 g/mol. The van der Waals surface area contributed by atoms with Crippen molar-refractivity contribution in [1.29, 1.82) is 0 Å². The average molecular weight is 443 g/mol. The lowest BCUT2D eigenvalue weighted by Crippen LogP contribution is -2.50. The highest BCUT2D eigenvalue weighted by Gasteiger charge is 2.28. The summed E-state index contributed by atoms with van der Waals surface area (Å²) in [5.74, 6) is 0.472. The molecule has 2 amide bonds. The van der Waals surface area contributed by atoms with Gasteiger partial charge in [-0.1, -0.05) is 61.2 Å². The van der Waals surface area contributed by atoms with E-state index in [1.54, 1.807) is 25.0 Å². The number of halogens is 1. The number of nitrogens with one attached hydrogen (secondary N) is 1. The molecule has 3 rings (SSSR count). The van der Waals surface area contributed by atoms with Gasteiger partial charge in [-0.05, 0) is 49.1 Å². The second-order valence-corrected chi connectivity index (χ2v) is 8.57. The minimum atomic E-state index is -0.594. The standard InChI is InChI=1S/C25H31ClN2O3/c1-18(25(30)27-21-11-4-3-5-12-21)28(17-19-9-8-13-22(15-19)31-2)24(29)16-20-10-6-7-14-23(20)26/h6-10,13-15,18,21H,3-5,11-12,16-17H2,1-2H3,(H,27,30)/t18-/m0/s1. The summed E-state index contributed by atoms with van der Waals surface area (Å²) < 4.78 is 5.32. The lowest BCUT2D eigenvalue weighted by molar-refractivity contribution is -0.140. The molecule has 1 saturated carbocycles. The minimum Gasteiger partial charge on any atom is -0.497 e. The molecule has 0 spiro atoms. The van der Waals surface area contributed by atoms with Crippen molar-refractivity contribution in [1.82, 2.24) is 10.2 Å². The molecule has 0 aromatic heterocycles. The minimum absolute atomic E-state index is 0.109. The average Bonchev–Trinajstić information content (AvgIpc) is 2.79. The Morgan fingerprint density at radius 2 is 1.87 bits per heavy atom. The van der Waals surface area contributed by atoms with Gasteiger partial charge >= 0.3 is 0 Å². The lowest BCUT2D eigenvalue weighted by atomic mass is 9.95. The van der Waals surface area contributed by atoms with Crippen molar-refractivity contribution in [2.75, 3.05) is 7.11 Å². The van der Waals surface area contributed by atoms with Crippen molar-refractivity contribution >= 4 is 23.4 Å². The summed E-state index contributed by atoms with van der Waals surface area (Å²) >= 11 is 6.28. The number of methoxy groups -OCH3 is 1. The van der Waals surface area contributed by atoms with E-state index in [4.69, 9.17) is 16.3 Å². The maximum atomic E-state index is 13.3. The molecule has 1 N–H and O–H groups in total. The van der Waals surface area contributed by atoms with Crippen LogP contribution in [0.4, 0.5) is 0 Å². The Morgan fingerprint density at radius 3 is 2.58 bits per heavy atom. The first-order chi connectivity index (χ1) is 15.0. The summed E-state index contributed by atoms with van der Waals surface area (Å²) in [6.45, 7) is 2.11. The predicted molar refractivity (Wildman–Crippen MR) is 123 cm³/mol. The first-order valence-corrected chi connectivity index (χ1v) is 11.3. The molecule has 1 aliphatic rings. The molecule has 1 aliphatic carbocycles. The molecule has 166 valence electrons. The Morgan fingerprint density at radius 1 is 1.13 bits per heavy atom. The predicted octanol–water partition coefficient (Wildman–Crippen LogP) is 4.76. The van der Waals surface area contributed by atoms with Gasteiger partial charge in [0, 0.05) is 17.6 Å². The third kappa shape index (κ3) is 6.47. The molecule has 1 atom stereocenters. The number of amides is 2. The number of hydrogen-bond acceptors (Lipinski definition) is 3. The van der Waals surface area contributed by atoms with E-state index in [0.717, 1.165) is 42.6 Å². The third-order valence-electron chi connectivity index (χ3n) is 5.91. The van der Waals surface area contributed by atoms with Crippen molar-refractivity contribution in [2.45, 2.75) is 64.1 Å². The Hall–Kier alpha value is -2.53. The van der Waals surface area contributed by atoms with E-state index < -0.39 is 6.04 Å². The van der Waals surface area contributed by atoms with Crippen molar-refractivity contribution in [2.24, 2.45) is 0 Å². The zero-order valence-corrected chi connectivity index (χ0v) is 19.0. The van der Waals surface area contributed by atoms with Crippen molar-refractivity contribution < 1.29 is 14.3 Å². The topological polar surface area (TPSA) is 58.6 Å². The number of carbonyl (C=O) groups is 2. The summed E-state index contributed by atoms with van der Waals surface area (Å²) in [5.41, 5.74) is 1.66. The van der Waals surface area contributed by atoms with Gasteiger partial charge in [-0.2, -0.15) is 0 Å². The summed E-state index contributed by atoms with van der Waals surface area (Å²) in [4.78, 5) is 28.0. The van der Waals surface area contributed by atoms with Crippen LogP contribution in [0.5, 0.6) is 5.75 Å². The fourth-order valence-electron chi connectivity index (χ4n) is 4.03. The number of carbonyl (C=O) groups excluding carboxylic acids is 2. The molecule has 0 heterocycles. The number of ether oxygens (including phenoxy) is 1. The van der Waals surface area contributed by atoms with Crippen LogP contribution in [0.2, 0.25) is 5.02 Å². The summed E-state index contributed by atoms with van der Waals surface area (Å²) in [6, 6.07) is 14.5. The normalized spacial score (nSPS) is 15.2. The maximum Gasteiger partial charge on any atom is 0.242 e. The van der Waals surface area contributed by atoms with Crippen LogP contribution in [0, 0.1) is 0 Å². The molecular weight excluding hydrogens is 412 g/mol. The first-order valence-electron chi connectivity index (χ1n) is 10.9. The molecule has 0 saturated heterocycles. The van der Waals surface area contributed by atoms with Crippen molar-refractivity contribution in [3.63, 3.8) is 0 Å². The highest BCUT2D eigenvalue weighted by Crippen LogP contribution is 2.21. The van der Waals surface area contributed by atoms with Crippen LogP contribution in [-0.2, 0) is 22.6 Å². The largest absolute Gasteiger partial charge is 0.497 e. The molecule has 0 bridgehead atoms. The zero-order valence-electron chi connectivity index (χ0n) is 18.3. The van der Waals surface area contributed by atoms with Crippen LogP contribution in [0.1, 0.15) is 50.2 Å². The van der Waals surface area contributed by atoms with Crippen LogP contribution < -0.4 is 10.1 Å². The van der Waals surface area contributed by atoms with Crippen LogP contribution in [0.3, 0.4) is 0 Å². The van der Waals surface area contributed by atoms with Gasteiger partial charge in [0.1, 0.15) is 11.8 Å². The number of hydrogen-bond donors (Lipinski definition) is 1. The molecular formula is C25H31ClN2O3. The SMILES string of the molecule is COc1cccc(CN(C(=O)Cc2ccccc2Cl)[C@@H](C)C(=O)NC2CCCCC2)c1. The zero-order chi connectivity index (χ0) is 22.2. The maximum absolute atomic E-state index is 13.3. The van der Waals surface area contributed by atoms with Crippen LogP contribution in [0.25, 0.3) is 0 Å². The molecule has 5 nitrogen and oxygen atoms in total. The Balaban J connectivity index is 1.78. The quantitative estimate of drug-likeness (QED) is 0.641. The van der Waals surface area contributed by atoms with Crippen LogP contribution in [0.15, 0.2) is 48.5 Å². The van der Waals surface area contributed by atoms with Gasteiger partial charge < -0.3 is 15.0 Å². The molecule has 6 heteroatoms. The van der Waals surface area contributed by atoms with E-state index in [-0.39, 0.29) is 24.3 Å². The Labute approximate surface area is 189 Å². The van der Waals surface area contributed by atoms with Crippen LogP contribution in [-0.4, -0.2) is 35.9 Å². The summed E-state index contributed by atoms with van der Waals surface area (Å²) in [7, 11) is 1.61. The highest BCUT2D eigenvalue weighted by molar-refractivity contribution is 6.31. The summed E-state index contributed by atoms with van der Waals surface area (Å²) in [6.07, 6.45) is 5.64. The molecule has 0 unspecified atom stereocenters. The van der Waals surface area contributed by atoms with E-state index >= 15 is 0 Å². The highest BCUT2D eigenvalue weighted by atomic mass is 35.5. The van der Waals surface area contributed by atoms with Crippen molar-refractivity contribution in [3.05, 3.63) is 64.7 Å². The smallest absolute Gasteiger partial charge is 0.242 e. The number of benzene rings is 2. The van der Waals surface area contributed by atoms with Crippen molar-refractivity contribution in [3.8, 4) is 5.75 Å². The Kier molecular flexibility index (Phi) is 8.35. The molecule has 0 aliphatic heterocycles. The van der Waals surface area contributed by atoms with Gasteiger partial charge in [-0.15, -0.1) is 0 Å². The van der Waals surface area contributed by atoms with Gasteiger partial charge in [0.25, 0.3) is 0 Å².